The number of ether oxygens (including phenoxy) is 1. The third-order valence-electron chi connectivity index (χ3n) is 2.80. The number of hydrogen-bond donors (Lipinski definition) is 1. The first-order chi connectivity index (χ1) is 8.74. The Morgan fingerprint density at radius 2 is 2.11 bits per heavy atom. The quantitative estimate of drug-likeness (QED) is 0.652. The maximum atomic E-state index is 5.51. The van der Waals surface area contributed by atoms with Crippen molar-refractivity contribution in [3.63, 3.8) is 0 Å². The van der Waals surface area contributed by atoms with E-state index in [1.165, 1.54) is 18.4 Å². The molecule has 0 radical (unpaired) electrons. The molecule has 0 unspecified atom stereocenters. The molecular weight excluding hydrogens is 226 g/mol. The van der Waals surface area contributed by atoms with Crippen LogP contribution in [0.5, 0.6) is 0 Å². The summed E-state index contributed by atoms with van der Waals surface area (Å²) in [5.74, 6) is 0. The van der Waals surface area contributed by atoms with Crippen LogP contribution in [0, 0.1) is 0 Å². The molecular formula is C14H27N3O. The highest BCUT2D eigenvalue weighted by molar-refractivity contribution is 5.03. The molecule has 0 aliphatic rings. The Balaban J connectivity index is 2.00. The second-order valence-corrected chi connectivity index (χ2v) is 4.92. The minimum Gasteiger partial charge on any atom is -0.381 e. The molecule has 1 aromatic heterocycles. The fourth-order valence-electron chi connectivity index (χ4n) is 1.63. The van der Waals surface area contributed by atoms with Crippen LogP contribution in [-0.2, 0) is 11.3 Å². The molecule has 0 spiro atoms. The first kappa shape index (κ1) is 15.2. The van der Waals surface area contributed by atoms with Crippen molar-refractivity contribution < 1.29 is 4.74 Å². The molecule has 4 heteroatoms. The lowest BCUT2D eigenvalue weighted by atomic mass is 10.3. The Bertz CT molecular complexity index is 310. The molecule has 0 bridgehead atoms. The van der Waals surface area contributed by atoms with Crippen LogP contribution in [0.3, 0.4) is 0 Å². The fourth-order valence-corrected chi connectivity index (χ4v) is 1.63. The minimum absolute atomic E-state index is 0.436. The Morgan fingerprint density at radius 3 is 2.78 bits per heavy atom. The first-order valence-corrected chi connectivity index (χ1v) is 7.05. The summed E-state index contributed by atoms with van der Waals surface area (Å²) in [5.41, 5.74) is 1.25. The van der Waals surface area contributed by atoms with Gasteiger partial charge in [0.15, 0.2) is 0 Å². The van der Waals surface area contributed by atoms with E-state index in [1.54, 1.807) is 0 Å². The SMILES string of the molecule is CCCCOCCCNCc1cnn(C(C)C)c1. The van der Waals surface area contributed by atoms with E-state index in [2.05, 4.69) is 37.4 Å². The number of nitrogens with zero attached hydrogens (tertiary/aromatic N) is 2. The van der Waals surface area contributed by atoms with Gasteiger partial charge in [-0.2, -0.15) is 5.10 Å². The number of rotatable bonds is 10. The molecule has 0 fully saturated rings. The number of hydrogen-bond acceptors (Lipinski definition) is 3. The van der Waals surface area contributed by atoms with Gasteiger partial charge in [-0.3, -0.25) is 4.68 Å². The van der Waals surface area contributed by atoms with Crippen LogP contribution >= 0.6 is 0 Å². The number of unbranched alkanes of at least 4 members (excludes halogenated alkanes) is 1. The number of nitrogens with one attached hydrogen (secondary N) is 1. The van der Waals surface area contributed by atoms with Gasteiger partial charge in [0, 0.05) is 37.6 Å². The Morgan fingerprint density at radius 1 is 1.33 bits per heavy atom. The lowest BCUT2D eigenvalue weighted by Gasteiger charge is -2.05. The van der Waals surface area contributed by atoms with E-state index in [0.717, 1.165) is 32.7 Å². The zero-order valence-electron chi connectivity index (χ0n) is 12.0. The zero-order valence-corrected chi connectivity index (χ0v) is 12.0. The van der Waals surface area contributed by atoms with Gasteiger partial charge in [0.25, 0.3) is 0 Å². The van der Waals surface area contributed by atoms with Crippen LogP contribution in [0.15, 0.2) is 12.4 Å². The van der Waals surface area contributed by atoms with Crippen molar-refractivity contribution in [1.29, 1.82) is 0 Å². The van der Waals surface area contributed by atoms with Gasteiger partial charge < -0.3 is 10.1 Å². The second kappa shape index (κ2) is 9.11. The van der Waals surface area contributed by atoms with Gasteiger partial charge in [-0.25, -0.2) is 0 Å². The lowest BCUT2D eigenvalue weighted by Crippen LogP contribution is -2.16. The summed E-state index contributed by atoms with van der Waals surface area (Å²) in [6, 6.07) is 0.436. The van der Waals surface area contributed by atoms with Crippen LogP contribution in [0.4, 0.5) is 0 Å². The molecule has 0 saturated carbocycles. The van der Waals surface area contributed by atoms with Crippen LogP contribution < -0.4 is 5.32 Å². The normalized spacial score (nSPS) is 11.3. The van der Waals surface area contributed by atoms with Crippen LogP contribution in [0.2, 0.25) is 0 Å². The van der Waals surface area contributed by atoms with Crippen molar-refractivity contribution in [3.05, 3.63) is 18.0 Å². The van der Waals surface area contributed by atoms with Gasteiger partial charge in [0.05, 0.1) is 6.20 Å². The largest absolute Gasteiger partial charge is 0.381 e. The van der Waals surface area contributed by atoms with Gasteiger partial charge in [0.2, 0.25) is 0 Å². The Hall–Kier alpha value is -0.870. The summed E-state index contributed by atoms with van der Waals surface area (Å²) < 4.78 is 7.50. The van der Waals surface area contributed by atoms with E-state index in [1.807, 2.05) is 10.9 Å². The highest BCUT2D eigenvalue weighted by Gasteiger charge is 2.00. The molecule has 0 aliphatic heterocycles. The monoisotopic (exact) mass is 253 g/mol. The van der Waals surface area contributed by atoms with Crippen LogP contribution in [0.25, 0.3) is 0 Å². The van der Waals surface area contributed by atoms with Gasteiger partial charge in [-0.1, -0.05) is 13.3 Å². The van der Waals surface area contributed by atoms with Crippen molar-refractivity contribution in [2.24, 2.45) is 0 Å². The third kappa shape index (κ3) is 6.17. The molecule has 4 nitrogen and oxygen atoms in total. The topological polar surface area (TPSA) is 39.1 Å². The van der Waals surface area contributed by atoms with Crippen molar-refractivity contribution in [2.45, 2.75) is 52.6 Å². The van der Waals surface area contributed by atoms with Crippen molar-refractivity contribution in [3.8, 4) is 0 Å². The van der Waals surface area contributed by atoms with Crippen LogP contribution in [-0.4, -0.2) is 29.5 Å². The van der Waals surface area contributed by atoms with E-state index in [9.17, 15) is 0 Å². The molecule has 0 saturated heterocycles. The molecule has 0 atom stereocenters. The van der Waals surface area contributed by atoms with E-state index >= 15 is 0 Å². The summed E-state index contributed by atoms with van der Waals surface area (Å²) in [6.07, 6.45) is 7.49. The summed E-state index contributed by atoms with van der Waals surface area (Å²) in [4.78, 5) is 0. The average molecular weight is 253 g/mol. The smallest absolute Gasteiger partial charge is 0.0534 e. The maximum absolute atomic E-state index is 5.51. The van der Waals surface area contributed by atoms with E-state index in [0.29, 0.717) is 6.04 Å². The van der Waals surface area contributed by atoms with Gasteiger partial charge >= 0.3 is 0 Å². The zero-order chi connectivity index (χ0) is 13.2. The molecule has 104 valence electrons. The van der Waals surface area contributed by atoms with Gasteiger partial charge in [0.1, 0.15) is 0 Å². The van der Waals surface area contributed by atoms with Gasteiger partial charge in [-0.15, -0.1) is 0 Å². The molecule has 1 heterocycles. The summed E-state index contributed by atoms with van der Waals surface area (Å²) in [5, 5.41) is 7.73. The first-order valence-electron chi connectivity index (χ1n) is 7.05. The van der Waals surface area contributed by atoms with Crippen molar-refractivity contribution >= 4 is 0 Å². The molecule has 1 aromatic rings. The Kier molecular flexibility index (Phi) is 7.69. The molecule has 0 aromatic carbocycles. The third-order valence-corrected chi connectivity index (χ3v) is 2.80. The highest BCUT2D eigenvalue weighted by Crippen LogP contribution is 2.04. The molecule has 0 amide bonds. The predicted octanol–water partition coefficient (Wildman–Crippen LogP) is 2.76. The molecule has 1 N–H and O–H groups in total. The lowest BCUT2D eigenvalue weighted by molar-refractivity contribution is 0.129. The van der Waals surface area contributed by atoms with E-state index in [4.69, 9.17) is 4.74 Å². The summed E-state index contributed by atoms with van der Waals surface area (Å²) in [6.45, 7) is 10.1. The Labute approximate surface area is 111 Å². The molecule has 0 aliphatic carbocycles. The summed E-state index contributed by atoms with van der Waals surface area (Å²) in [7, 11) is 0. The molecule has 1 rings (SSSR count). The maximum Gasteiger partial charge on any atom is 0.0534 e. The second-order valence-electron chi connectivity index (χ2n) is 4.92. The number of aromatic nitrogens is 2. The minimum atomic E-state index is 0.436. The standard InChI is InChI=1S/C14H27N3O/c1-4-5-8-18-9-6-7-15-10-14-11-16-17(12-14)13(2)3/h11-13,15H,4-10H2,1-3H3. The van der Waals surface area contributed by atoms with E-state index in [-0.39, 0.29) is 0 Å². The average Bonchev–Trinajstić information content (AvgIpc) is 2.81. The van der Waals surface area contributed by atoms with Crippen molar-refractivity contribution in [2.75, 3.05) is 19.8 Å². The van der Waals surface area contributed by atoms with Gasteiger partial charge in [-0.05, 0) is 33.2 Å². The molecule has 18 heavy (non-hydrogen) atoms. The van der Waals surface area contributed by atoms with Crippen molar-refractivity contribution in [1.82, 2.24) is 15.1 Å². The van der Waals surface area contributed by atoms with Crippen LogP contribution in [0.1, 0.15) is 51.6 Å². The summed E-state index contributed by atoms with van der Waals surface area (Å²) >= 11 is 0. The predicted molar refractivity (Wildman–Crippen MR) is 74.7 cm³/mol. The van der Waals surface area contributed by atoms with E-state index < -0.39 is 0 Å². The fraction of sp³-hybridized carbons (Fsp3) is 0.786. The highest BCUT2D eigenvalue weighted by atomic mass is 16.5.